The summed E-state index contributed by atoms with van der Waals surface area (Å²) < 4.78 is 6.07. The van der Waals surface area contributed by atoms with E-state index in [0.717, 1.165) is 17.0 Å². The van der Waals surface area contributed by atoms with Gasteiger partial charge in [-0.05, 0) is 55.7 Å². The van der Waals surface area contributed by atoms with Crippen molar-refractivity contribution in [1.82, 2.24) is 4.98 Å². The third kappa shape index (κ3) is 4.53. The van der Waals surface area contributed by atoms with Gasteiger partial charge in [-0.3, -0.25) is 9.78 Å². The molecule has 0 atom stereocenters. The Kier molecular flexibility index (Phi) is 5.55. The number of anilines is 1. The number of rotatable bonds is 5. The second-order valence-electron chi connectivity index (χ2n) is 6.86. The van der Waals surface area contributed by atoms with Crippen molar-refractivity contribution in [2.24, 2.45) is 0 Å². The van der Waals surface area contributed by atoms with Crippen LogP contribution in [0.15, 0.2) is 60.7 Å². The fourth-order valence-electron chi connectivity index (χ4n) is 2.94. The van der Waals surface area contributed by atoms with E-state index in [9.17, 15) is 4.79 Å². The molecule has 1 heterocycles. The van der Waals surface area contributed by atoms with Crippen LogP contribution in [0.4, 0.5) is 5.69 Å². The number of pyridine rings is 1. The number of amides is 1. The molecule has 0 radical (unpaired) electrons. The van der Waals surface area contributed by atoms with Crippen molar-refractivity contribution in [2.45, 2.75) is 33.6 Å². The van der Waals surface area contributed by atoms with E-state index in [1.165, 1.54) is 0 Å². The maximum absolute atomic E-state index is 12.6. The number of hydrogen-bond donors (Lipinski definition) is 1. The zero-order chi connectivity index (χ0) is 19.4. The molecule has 0 bridgehead atoms. The topological polar surface area (TPSA) is 51.2 Å². The Bertz CT molecular complexity index is 964. The fraction of sp³-hybridized carbons (Fsp3) is 0.217. The lowest BCUT2D eigenvalue weighted by atomic mass is 10.0. The molecule has 0 unspecified atom stereocenters. The molecule has 0 aliphatic rings. The molecule has 4 heteroatoms. The summed E-state index contributed by atoms with van der Waals surface area (Å²) >= 11 is 0. The predicted molar refractivity (Wildman–Crippen MR) is 109 cm³/mol. The molecule has 2 aromatic carbocycles. The summed E-state index contributed by atoms with van der Waals surface area (Å²) in [5.74, 6) is 1.69. The van der Waals surface area contributed by atoms with Gasteiger partial charge in [0.15, 0.2) is 0 Å². The summed E-state index contributed by atoms with van der Waals surface area (Å²) in [5, 5.41) is 2.92. The second-order valence-corrected chi connectivity index (χ2v) is 6.86. The van der Waals surface area contributed by atoms with Crippen LogP contribution in [0, 0.1) is 13.8 Å². The Hall–Kier alpha value is -3.14. The number of ether oxygens (including phenoxy) is 1. The molecule has 138 valence electrons. The third-order valence-electron chi connectivity index (χ3n) is 4.33. The van der Waals surface area contributed by atoms with Gasteiger partial charge in [-0.15, -0.1) is 0 Å². The maximum atomic E-state index is 12.6. The van der Waals surface area contributed by atoms with E-state index in [1.54, 1.807) is 6.07 Å². The van der Waals surface area contributed by atoms with Crippen molar-refractivity contribution in [3.8, 4) is 11.5 Å². The van der Waals surface area contributed by atoms with E-state index in [1.807, 2.05) is 62.4 Å². The standard InChI is InChI=1S/C23H24N2O2/c1-15(2)20-10-5-6-11-22(20)27-19-9-7-8-18(14-19)25-23(26)21-13-12-16(3)24-17(21)4/h5-15H,1-4H3,(H,25,26). The first-order valence-electron chi connectivity index (χ1n) is 9.06. The fourth-order valence-corrected chi connectivity index (χ4v) is 2.94. The van der Waals surface area contributed by atoms with Gasteiger partial charge in [-0.1, -0.05) is 38.1 Å². The van der Waals surface area contributed by atoms with Crippen molar-refractivity contribution < 1.29 is 9.53 Å². The molecule has 0 saturated carbocycles. The lowest BCUT2D eigenvalue weighted by Crippen LogP contribution is -2.14. The molecule has 0 aliphatic heterocycles. The van der Waals surface area contributed by atoms with E-state index in [4.69, 9.17) is 4.74 Å². The predicted octanol–water partition coefficient (Wildman–Crippen LogP) is 5.87. The zero-order valence-corrected chi connectivity index (χ0v) is 16.1. The van der Waals surface area contributed by atoms with Gasteiger partial charge in [0, 0.05) is 17.4 Å². The van der Waals surface area contributed by atoms with Crippen LogP contribution in [0.5, 0.6) is 11.5 Å². The third-order valence-corrected chi connectivity index (χ3v) is 4.33. The number of aryl methyl sites for hydroxylation is 2. The van der Waals surface area contributed by atoms with Crippen molar-refractivity contribution in [3.63, 3.8) is 0 Å². The minimum Gasteiger partial charge on any atom is -0.457 e. The van der Waals surface area contributed by atoms with E-state index in [0.29, 0.717) is 28.6 Å². The molecular formula is C23H24N2O2. The normalized spacial score (nSPS) is 10.7. The average molecular weight is 360 g/mol. The van der Waals surface area contributed by atoms with Gasteiger partial charge in [0.25, 0.3) is 5.91 Å². The Morgan fingerprint density at radius 3 is 2.52 bits per heavy atom. The number of aromatic nitrogens is 1. The average Bonchev–Trinajstić information content (AvgIpc) is 2.62. The molecule has 3 aromatic rings. The number of benzene rings is 2. The lowest BCUT2D eigenvalue weighted by molar-refractivity contribution is 0.102. The van der Waals surface area contributed by atoms with Crippen molar-refractivity contribution in [1.29, 1.82) is 0 Å². The Balaban J connectivity index is 1.79. The Morgan fingerprint density at radius 2 is 1.78 bits per heavy atom. The van der Waals surface area contributed by atoms with Crippen LogP contribution in [-0.2, 0) is 0 Å². The van der Waals surface area contributed by atoms with E-state index in [2.05, 4.69) is 30.2 Å². The molecule has 3 rings (SSSR count). The monoisotopic (exact) mass is 360 g/mol. The van der Waals surface area contributed by atoms with Gasteiger partial charge in [-0.2, -0.15) is 0 Å². The van der Waals surface area contributed by atoms with Gasteiger partial charge < -0.3 is 10.1 Å². The van der Waals surface area contributed by atoms with Gasteiger partial charge >= 0.3 is 0 Å². The lowest BCUT2D eigenvalue weighted by Gasteiger charge is -2.14. The summed E-state index contributed by atoms with van der Waals surface area (Å²) in [6.07, 6.45) is 0. The van der Waals surface area contributed by atoms with Crippen LogP contribution < -0.4 is 10.1 Å². The maximum Gasteiger partial charge on any atom is 0.257 e. The molecule has 1 N–H and O–H groups in total. The van der Waals surface area contributed by atoms with Gasteiger partial charge in [0.1, 0.15) is 11.5 Å². The van der Waals surface area contributed by atoms with Crippen LogP contribution in [0.25, 0.3) is 0 Å². The smallest absolute Gasteiger partial charge is 0.257 e. The number of para-hydroxylation sites is 1. The molecule has 0 fully saturated rings. The summed E-state index contributed by atoms with van der Waals surface area (Å²) in [5.41, 5.74) is 4.00. The molecule has 1 aromatic heterocycles. The van der Waals surface area contributed by atoms with Crippen LogP contribution in [0.2, 0.25) is 0 Å². The van der Waals surface area contributed by atoms with E-state index in [-0.39, 0.29) is 5.91 Å². The number of nitrogens with zero attached hydrogens (tertiary/aromatic N) is 1. The molecule has 4 nitrogen and oxygen atoms in total. The molecule has 0 aliphatic carbocycles. The highest BCUT2D eigenvalue weighted by molar-refractivity contribution is 6.05. The van der Waals surface area contributed by atoms with Crippen LogP contribution in [-0.4, -0.2) is 10.9 Å². The minimum absolute atomic E-state index is 0.181. The van der Waals surface area contributed by atoms with Crippen molar-refractivity contribution >= 4 is 11.6 Å². The summed E-state index contributed by atoms with van der Waals surface area (Å²) in [6, 6.07) is 19.0. The summed E-state index contributed by atoms with van der Waals surface area (Å²) in [7, 11) is 0. The van der Waals surface area contributed by atoms with Crippen LogP contribution in [0.3, 0.4) is 0 Å². The zero-order valence-electron chi connectivity index (χ0n) is 16.1. The quantitative estimate of drug-likeness (QED) is 0.619. The molecular weight excluding hydrogens is 336 g/mol. The minimum atomic E-state index is -0.181. The molecule has 27 heavy (non-hydrogen) atoms. The van der Waals surface area contributed by atoms with Crippen molar-refractivity contribution in [3.05, 3.63) is 83.2 Å². The molecule has 0 saturated heterocycles. The van der Waals surface area contributed by atoms with E-state index >= 15 is 0 Å². The first kappa shape index (κ1) is 18.6. The number of carbonyl (C=O) groups is 1. The first-order valence-corrected chi connectivity index (χ1v) is 9.06. The van der Waals surface area contributed by atoms with Crippen molar-refractivity contribution in [2.75, 3.05) is 5.32 Å². The number of carbonyl (C=O) groups excluding carboxylic acids is 1. The SMILES string of the molecule is Cc1ccc(C(=O)Nc2cccc(Oc3ccccc3C(C)C)c2)c(C)n1. The second kappa shape index (κ2) is 8.04. The van der Waals surface area contributed by atoms with Crippen LogP contribution >= 0.6 is 0 Å². The highest BCUT2D eigenvalue weighted by atomic mass is 16.5. The first-order chi connectivity index (χ1) is 12.9. The Labute approximate surface area is 160 Å². The highest BCUT2D eigenvalue weighted by Gasteiger charge is 2.12. The largest absolute Gasteiger partial charge is 0.457 e. The molecule has 0 spiro atoms. The van der Waals surface area contributed by atoms with Gasteiger partial charge in [0.2, 0.25) is 0 Å². The molecule has 1 amide bonds. The highest BCUT2D eigenvalue weighted by Crippen LogP contribution is 2.31. The van der Waals surface area contributed by atoms with Gasteiger partial charge in [-0.25, -0.2) is 0 Å². The summed E-state index contributed by atoms with van der Waals surface area (Å²) in [6.45, 7) is 8.02. The summed E-state index contributed by atoms with van der Waals surface area (Å²) in [4.78, 5) is 16.9. The number of nitrogens with one attached hydrogen (secondary N) is 1. The van der Waals surface area contributed by atoms with Crippen LogP contribution in [0.1, 0.15) is 47.1 Å². The number of hydrogen-bond acceptors (Lipinski definition) is 3. The Morgan fingerprint density at radius 1 is 1.00 bits per heavy atom. The van der Waals surface area contributed by atoms with Gasteiger partial charge in [0.05, 0.1) is 11.3 Å². The van der Waals surface area contributed by atoms with E-state index < -0.39 is 0 Å².